The molecule has 1 atom stereocenters. The van der Waals surface area contributed by atoms with Crippen LogP contribution in [0.4, 0.5) is 0 Å². The molecule has 0 aliphatic rings. The predicted molar refractivity (Wildman–Crippen MR) is 82.0 cm³/mol. The van der Waals surface area contributed by atoms with Crippen LogP contribution in [0.3, 0.4) is 0 Å². The largest absolute Gasteiger partial charge is 0.496 e. The maximum atomic E-state index is 9.06. The van der Waals surface area contributed by atoms with Crippen LogP contribution in [0.5, 0.6) is 17.2 Å². The summed E-state index contributed by atoms with van der Waals surface area (Å²) < 4.78 is 16.1. The SMILES string of the molecule is CNC(C)(C#N)CCCCOc1cc(OC)cc(OC)c1. The van der Waals surface area contributed by atoms with E-state index in [-0.39, 0.29) is 0 Å². The number of hydrogen-bond acceptors (Lipinski definition) is 5. The first-order valence-electron chi connectivity index (χ1n) is 7.03. The monoisotopic (exact) mass is 292 g/mol. The van der Waals surface area contributed by atoms with Crippen molar-refractivity contribution in [2.24, 2.45) is 0 Å². The van der Waals surface area contributed by atoms with Gasteiger partial charge in [-0.05, 0) is 33.2 Å². The Morgan fingerprint density at radius 2 is 1.67 bits per heavy atom. The van der Waals surface area contributed by atoms with Crippen LogP contribution in [0.1, 0.15) is 26.2 Å². The van der Waals surface area contributed by atoms with Crippen LogP contribution >= 0.6 is 0 Å². The van der Waals surface area contributed by atoms with E-state index in [0.717, 1.165) is 25.0 Å². The second-order valence-corrected chi connectivity index (χ2v) is 5.05. The highest BCUT2D eigenvalue weighted by atomic mass is 16.5. The molecule has 21 heavy (non-hydrogen) atoms. The molecule has 0 bridgehead atoms. The molecule has 1 rings (SSSR count). The minimum Gasteiger partial charge on any atom is -0.496 e. The molecular formula is C16H24N2O3. The summed E-state index contributed by atoms with van der Waals surface area (Å²) in [5.74, 6) is 2.14. The van der Waals surface area contributed by atoms with Crippen molar-refractivity contribution in [3.05, 3.63) is 18.2 Å². The van der Waals surface area contributed by atoms with Crippen LogP contribution in [0, 0.1) is 11.3 Å². The van der Waals surface area contributed by atoms with Crippen molar-refractivity contribution in [1.82, 2.24) is 5.32 Å². The van der Waals surface area contributed by atoms with Crippen molar-refractivity contribution in [2.45, 2.75) is 31.7 Å². The van der Waals surface area contributed by atoms with Gasteiger partial charge in [0.25, 0.3) is 0 Å². The van der Waals surface area contributed by atoms with E-state index in [0.29, 0.717) is 18.1 Å². The normalized spacial score (nSPS) is 13.1. The fourth-order valence-corrected chi connectivity index (χ4v) is 1.87. The molecule has 1 N–H and O–H groups in total. The number of benzene rings is 1. The number of unbranched alkanes of at least 4 members (excludes halogenated alkanes) is 1. The zero-order valence-electron chi connectivity index (χ0n) is 13.2. The molecule has 1 aromatic rings. The third-order valence-electron chi connectivity index (χ3n) is 3.46. The lowest BCUT2D eigenvalue weighted by Gasteiger charge is -2.20. The minimum atomic E-state index is -0.459. The highest BCUT2D eigenvalue weighted by molar-refractivity contribution is 5.41. The van der Waals surface area contributed by atoms with E-state index in [9.17, 15) is 0 Å². The maximum Gasteiger partial charge on any atom is 0.126 e. The van der Waals surface area contributed by atoms with Gasteiger partial charge in [0.2, 0.25) is 0 Å². The number of nitrogens with zero attached hydrogens (tertiary/aromatic N) is 1. The van der Waals surface area contributed by atoms with Crippen molar-refractivity contribution >= 4 is 0 Å². The molecule has 0 spiro atoms. The highest BCUT2D eigenvalue weighted by Gasteiger charge is 2.19. The molecule has 0 aliphatic heterocycles. The molecule has 5 nitrogen and oxygen atoms in total. The third-order valence-corrected chi connectivity index (χ3v) is 3.46. The number of methoxy groups -OCH3 is 2. The van der Waals surface area contributed by atoms with Crippen LogP contribution in [0.2, 0.25) is 0 Å². The van der Waals surface area contributed by atoms with E-state index >= 15 is 0 Å². The molecule has 0 saturated carbocycles. The van der Waals surface area contributed by atoms with Gasteiger partial charge in [-0.1, -0.05) is 0 Å². The molecule has 0 radical (unpaired) electrons. The van der Waals surface area contributed by atoms with Gasteiger partial charge in [0.05, 0.1) is 26.9 Å². The lowest BCUT2D eigenvalue weighted by molar-refractivity contribution is 0.293. The van der Waals surface area contributed by atoms with Gasteiger partial charge in [0, 0.05) is 18.2 Å². The summed E-state index contributed by atoms with van der Waals surface area (Å²) in [6, 6.07) is 7.74. The summed E-state index contributed by atoms with van der Waals surface area (Å²) in [6.45, 7) is 2.50. The van der Waals surface area contributed by atoms with E-state index in [1.165, 1.54) is 0 Å². The number of ether oxygens (including phenoxy) is 3. The summed E-state index contributed by atoms with van der Waals surface area (Å²) in [4.78, 5) is 0. The molecule has 0 aromatic heterocycles. The summed E-state index contributed by atoms with van der Waals surface area (Å²) in [5.41, 5.74) is -0.459. The Morgan fingerprint density at radius 3 is 2.14 bits per heavy atom. The molecule has 1 aromatic carbocycles. The molecular weight excluding hydrogens is 268 g/mol. The zero-order valence-corrected chi connectivity index (χ0v) is 13.2. The van der Waals surface area contributed by atoms with Crippen LogP contribution in [-0.4, -0.2) is 33.4 Å². The van der Waals surface area contributed by atoms with E-state index < -0.39 is 5.54 Å². The molecule has 1 unspecified atom stereocenters. The van der Waals surface area contributed by atoms with Gasteiger partial charge in [0.1, 0.15) is 22.8 Å². The predicted octanol–water partition coefficient (Wildman–Crippen LogP) is 2.75. The Labute approximate surface area is 126 Å². The minimum absolute atomic E-state index is 0.459. The number of hydrogen-bond donors (Lipinski definition) is 1. The maximum absolute atomic E-state index is 9.06. The van der Waals surface area contributed by atoms with Gasteiger partial charge >= 0.3 is 0 Å². The Hall–Kier alpha value is -1.93. The Balaban J connectivity index is 2.41. The van der Waals surface area contributed by atoms with Gasteiger partial charge < -0.3 is 19.5 Å². The van der Waals surface area contributed by atoms with E-state index in [1.54, 1.807) is 20.3 Å². The van der Waals surface area contributed by atoms with Crippen molar-refractivity contribution in [1.29, 1.82) is 5.26 Å². The van der Waals surface area contributed by atoms with Crippen molar-refractivity contribution in [2.75, 3.05) is 27.9 Å². The Morgan fingerprint density at radius 1 is 1.10 bits per heavy atom. The van der Waals surface area contributed by atoms with Crippen molar-refractivity contribution in [3.63, 3.8) is 0 Å². The fourth-order valence-electron chi connectivity index (χ4n) is 1.87. The smallest absolute Gasteiger partial charge is 0.126 e. The summed E-state index contributed by atoms with van der Waals surface area (Å²) in [6.07, 6.45) is 2.61. The second-order valence-electron chi connectivity index (χ2n) is 5.05. The summed E-state index contributed by atoms with van der Waals surface area (Å²) in [5, 5.41) is 12.1. The van der Waals surface area contributed by atoms with E-state index in [2.05, 4.69) is 11.4 Å². The van der Waals surface area contributed by atoms with Crippen LogP contribution in [0.15, 0.2) is 18.2 Å². The van der Waals surface area contributed by atoms with Gasteiger partial charge in [0.15, 0.2) is 0 Å². The fraction of sp³-hybridized carbons (Fsp3) is 0.562. The number of rotatable bonds is 9. The molecule has 0 amide bonds. The average molecular weight is 292 g/mol. The summed E-state index contributed by atoms with van der Waals surface area (Å²) >= 11 is 0. The first-order chi connectivity index (χ1) is 10.1. The average Bonchev–Trinajstić information content (AvgIpc) is 2.53. The van der Waals surface area contributed by atoms with Crippen LogP contribution < -0.4 is 19.5 Å². The van der Waals surface area contributed by atoms with Crippen molar-refractivity contribution < 1.29 is 14.2 Å². The third kappa shape index (κ3) is 5.52. The molecule has 0 saturated heterocycles. The van der Waals surface area contributed by atoms with Gasteiger partial charge in [-0.3, -0.25) is 0 Å². The van der Waals surface area contributed by atoms with Crippen LogP contribution in [0.25, 0.3) is 0 Å². The molecule has 0 fully saturated rings. The highest BCUT2D eigenvalue weighted by Crippen LogP contribution is 2.27. The van der Waals surface area contributed by atoms with Gasteiger partial charge in [-0.25, -0.2) is 0 Å². The Bertz CT molecular complexity index is 463. The molecule has 0 heterocycles. The second kappa shape index (κ2) is 8.38. The van der Waals surface area contributed by atoms with Crippen LogP contribution in [-0.2, 0) is 0 Å². The molecule has 5 heteroatoms. The number of nitriles is 1. The molecule has 0 aliphatic carbocycles. The lowest BCUT2D eigenvalue weighted by Crippen LogP contribution is -2.37. The topological polar surface area (TPSA) is 63.5 Å². The molecule has 116 valence electrons. The first-order valence-corrected chi connectivity index (χ1v) is 7.03. The quantitative estimate of drug-likeness (QED) is 0.709. The van der Waals surface area contributed by atoms with Gasteiger partial charge in [-0.15, -0.1) is 0 Å². The number of nitrogens with one attached hydrogen (secondary N) is 1. The Kier molecular flexibility index (Phi) is 6.83. The van der Waals surface area contributed by atoms with Crippen molar-refractivity contribution in [3.8, 4) is 23.3 Å². The summed E-state index contributed by atoms with van der Waals surface area (Å²) in [7, 11) is 5.03. The van der Waals surface area contributed by atoms with E-state index in [1.807, 2.05) is 26.1 Å². The lowest BCUT2D eigenvalue weighted by atomic mass is 9.97. The first kappa shape index (κ1) is 17.1. The van der Waals surface area contributed by atoms with Gasteiger partial charge in [-0.2, -0.15) is 5.26 Å². The zero-order chi connectivity index (χ0) is 15.7. The standard InChI is InChI=1S/C16H24N2O3/c1-16(12-17,18-2)7-5-6-8-21-15-10-13(19-3)9-14(11-15)20-4/h9-11,18H,5-8H2,1-4H3. The van der Waals surface area contributed by atoms with E-state index in [4.69, 9.17) is 19.5 Å².